The first-order valence-electron chi connectivity index (χ1n) is 11.0. The second-order valence-electron chi connectivity index (χ2n) is 9.22. The maximum atomic E-state index is 14.9. The van der Waals surface area contributed by atoms with Gasteiger partial charge in [0.1, 0.15) is 17.8 Å². The molecule has 5 heterocycles. The van der Waals surface area contributed by atoms with Crippen molar-refractivity contribution in [3.8, 4) is 22.6 Å². The third-order valence-electron chi connectivity index (χ3n) is 6.17. The number of anilines is 2. The molecule has 0 unspecified atom stereocenters. The fourth-order valence-electron chi connectivity index (χ4n) is 4.16. The second-order valence-corrected chi connectivity index (χ2v) is 9.22. The zero-order chi connectivity index (χ0) is 25.1. The molecule has 35 heavy (non-hydrogen) atoms. The quantitative estimate of drug-likeness (QED) is 0.409. The number of halogens is 4. The summed E-state index contributed by atoms with van der Waals surface area (Å²) in [5, 5.41) is 14.8. The van der Waals surface area contributed by atoms with E-state index in [4.69, 9.17) is 0 Å². The van der Waals surface area contributed by atoms with Gasteiger partial charge in [-0.1, -0.05) is 0 Å². The number of hydrogen-bond acceptors (Lipinski definition) is 5. The average Bonchev–Trinajstić information content (AvgIpc) is 3.46. The molecule has 0 aromatic carbocycles. The summed E-state index contributed by atoms with van der Waals surface area (Å²) in [4.78, 5) is 4.41. The third kappa shape index (κ3) is 3.86. The number of nitrogens with one attached hydrogen (secondary N) is 1. The van der Waals surface area contributed by atoms with Crippen LogP contribution in [0.3, 0.4) is 0 Å². The third-order valence-corrected chi connectivity index (χ3v) is 6.17. The Morgan fingerprint density at radius 2 is 1.89 bits per heavy atom. The van der Waals surface area contributed by atoms with Gasteiger partial charge in [0.05, 0.1) is 25.0 Å². The standard InChI is InChI=1S/C23H24F4N8/c1-13-9-28-18(30-19-5-6-29-33(19)4)8-16(13)14-7-17-20-31-32-21(23(26,27)22(2,3)25)35(20)12-15(24)11-34(17)10-14/h5-10,15H,11-12H2,1-4H3,(H,28,30)/t15-/m0/s1. The van der Waals surface area contributed by atoms with Crippen molar-refractivity contribution in [3.63, 3.8) is 0 Å². The Bertz CT molecular complexity index is 1390. The SMILES string of the molecule is Cc1cnc(Nc2ccnn2C)cc1-c1cc2n(c1)C[C@H](F)Cn1c-2nnc1C(F)(F)C(C)(C)F. The van der Waals surface area contributed by atoms with Gasteiger partial charge in [0.15, 0.2) is 11.5 Å². The van der Waals surface area contributed by atoms with Crippen molar-refractivity contribution in [1.29, 1.82) is 0 Å². The van der Waals surface area contributed by atoms with Crippen LogP contribution in [0, 0.1) is 6.92 Å². The van der Waals surface area contributed by atoms with Gasteiger partial charge in [-0.25, -0.2) is 13.8 Å². The summed E-state index contributed by atoms with van der Waals surface area (Å²) in [6.07, 6.45) is 3.62. The molecule has 184 valence electrons. The zero-order valence-electron chi connectivity index (χ0n) is 19.6. The summed E-state index contributed by atoms with van der Waals surface area (Å²) >= 11 is 0. The minimum Gasteiger partial charge on any atom is -0.341 e. The lowest BCUT2D eigenvalue weighted by molar-refractivity contribution is -0.135. The molecule has 1 N–H and O–H groups in total. The molecule has 0 amide bonds. The number of alkyl halides is 4. The van der Waals surface area contributed by atoms with Crippen LogP contribution in [0.15, 0.2) is 36.8 Å². The Labute approximate surface area is 198 Å². The number of aryl methyl sites for hydroxylation is 2. The molecule has 0 fully saturated rings. The molecule has 4 aromatic heterocycles. The van der Waals surface area contributed by atoms with Crippen LogP contribution in [0.4, 0.5) is 29.2 Å². The molecule has 0 saturated heterocycles. The van der Waals surface area contributed by atoms with Gasteiger partial charge in [-0.3, -0.25) is 4.68 Å². The van der Waals surface area contributed by atoms with Crippen LogP contribution in [0.2, 0.25) is 0 Å². The molecule has 8 nitrogen and oxygen atoms in total. The van der Waals surface area contributed by atoms with E-state index in [0.717, 1.165) is 40.9 Å². The van der Waals surface area contributed by atoms with Crippen LogP contribution >= 0.6 is 0 Å². The van der Waals surface area contributed by atoms with Crippen molar-refractivity contribution >= 4 is 11.6 Å². The maximum absolute atomic E-state index is 14.9. The molecular formula is C23H24F4N8. The average molecular weight is 488 g/mol. The van der Waals surface area contributed by atoms with E-state index >= 15 is 0 Å². The Morgan fingerprint density at radius 1 is 1.11 bits per heavy atom. The highest BCUT2D eigenvalue weighted by molar-refractivity contribution is 5.74. The van der Waals surface area contributed by atoms with E-state index in [1.54, 1.807) is 41.0 Å². The van der Waals surface area contributed by atoms with E-state index in [1.165, 1.54) is 0 Å². The molecule has 1 aliphatic heterocycles. The number of rotatable bonds is 5. The van der Waals surface area contributed by atoms with Gasteiger partial charge in [-0.2, -0.15) is 13.9 Å². The summed E-state index contributed by atoms with van der Waals surface area (Å²) in [5.74, 6) is -3.44. The molecule has 0 bridgehead atoms. The van der Waals surface area contributed by atoms with Gasteiger partial charge in [0.2, 0.25) is 5.82 Å². The van der Waals surface area contributed by atoms with Crippen molar-refractivity contribution < 1.29 is 17.6 Å². The highest BCUT2D eigenvalue weighted by Gasteiger charge is 2.53. The molecule has 0 aliphatic carbocycles. The summed E-state index contributed by atoms with van der Waals surface area (Å²) in [6, 6.07) is 5.40. The predicted molar refractivity (Wildman–Crippen MR) is 122 cm³/mol. The van der Waals surface area contributed by atoms with Crippen LogP contribution in [0.25, 0.3) is 22.6 Å². The number of fused-ring (bicyclic) bond motifs is 3. The first kappa shape index (κ1) is 23.1. The van der Waals surface area contributed by atoms with Crippen molar-refractivity contribution in [1.82, 2.24) is 34.1 Å². The molecule has 0 saturated carbocycles. The van der Waals surface area contributed by atoms with Gasteiger partial charge in [0.25, 0.3) is 0 Å². The Hall–Kier alpha value is -3.70. The number of hydrogen-bond donors (Lipinski definition) is 1. The van der Waals surface area contributed by atoms with Gasteiger partial charge in [-0.05, 0) is 44.0 Å². The van der Waals surface area contributed by atoms with Crippen LogP contribution in [-0.2, 0) is 26.1 Å². The van der Waals surface area contributed by atoms with E-state index in [9.17, 15) is 17.6 Å². The van der Waals surface area contributed by atoms with Crippen molar-refractivity contribution in [2.24, 2.45) is 7.05 Å². The Kier molecular flexibility index (Phi) is 5.22. The maximum Gasteiger partial charge on any atom is 0.339 e. The zero-order valence-corrected chi connectivity index (χ0v) is 19.6. The monoisotopic (exact) mass is 488 g/mol. The van der Waals surface area contributed by atoms with Crippen LogP contribution in [0.1, 0.15) is 25.2 Å². The minimum absolute atomic E-state index is 0.0625. The first-order chi connectivity index (χ1) is 16.5. The number of nitrogens with zero attached hydrogens (tertiary/aromatic N) is 7. The molecule has 1 atom stereocenters. The molecule has 0 radical (unpaired) electrons. The number of pyridine rings is 1. The highest BCUT2D eigenvalue weighted by Crippen LogP contribution is 2.42. The fourth-order valence-corrected chi connectivity index (χ4v) is 4.16. The van der Waals surface area contributed by atoms with E-state index in [-0.39, 0.29) is 12.4 Å². The molecule has 5 rings (SSSR count). The van der Waals surface area contributed by atoms with Crippen molar-refractivity contribution in [2.45, 2.75) is 51.6 Å². The van der Waals surface area contributed by atoms with Crippen molar-refractivity contribution in [3.05, 3.63) is 48.2 Å². The van der Waals surface area contributed by atoms with Gasteiger partial charge in [-0.15, -0.1) is 10.2 Å². The van der Waals surface area contributed by atoms with E-state index in [1.807, 2.05) is 19.1 Å². The summed E-state index contributed by atoms with van der Waals surface area (Å²) in [6.45, 7) is 2.96. The summed E-state index contributed by atoms with van der Waals surface area (Å²) in [7, 11) is 1.80. The molecule has 0 spiro atoms. The Morgan fingerprint density at radius 3 is 2.57 bits per heavy atom. The lowest BCUT2D eigenvalue weighted by Gasteiger charge is -2.26. The first-order valence-corrected chi connectivity index (χ1v) is 11.0. The predicted octanol–water partition coefficient (Wildman–Crippen LogP) is 4.79. The van der Waals surface area contributed by atoms with Crippen LogP contribution < -0.4 is 5.32 Å². The van der Waals surface area contributed by atoms with E-state index in [2.05, 4.69) is 25.6 Å². The largest absolute Gasteiger partial charge is 0.341 e. The van der Waals surface area contributed by atoms with Crippen molar-refractivity contribution in [2.75, 3.05) is 5.32 Å². The summed E-state index contributed by atoms with van der Waals surface area (Å²) < 4.78 is 63.1. The normalized spacial score (nSPS) is 16.1. The minimum atomic E-state index is -3.95. The van der Waals surface area contributed by atoms with Gasteiger partial charge in [0, 0.05) is 31.1 Å². The molecular weight excluding hydrogens is 464 g/mol. The van der Waals surface area contributed by atoms with Crippen LogP contribution in [-0.4, -0.2) is 45.9 Å². The Balaban J connectivity index is 1.58. The highest BCUT2D eigenvalue weighted by atomic mass is 19.3. The van der Waals surface area contributed by atoms with E-state index < -0.39 is 30.1 Å². The van der Waals surface area contributed by atoms with Crippen LogP contribution in [0.5, 0.6) is 0 Å². The lowest BCUT2D eigenvalue weighted by atomic mass is 10.0. The number of aromatic nitrogens is 7. The molecule has 1 aliphatic rings. The lowest BCUT2D eigenvalue weighted by Crippen LogP contribution is -2.39. The fraction of sp³-hybridized carbons (Fsp3) is 0.391. The molecule has 12 heteroatoms. The summed E-state index contributed by atoms with van der Waals surface area (Å²) in [5.41, 5.74) is -0.0550. The van der Waals surface area contributed by atoms with Gasteiger partial charge >= 0.3 is 5.92 Å². The molecule has 4 aromatic rings. The van der Waals surface area contributed by atoms with Gasteiger partial charge < -0.3 is 14.5 Å². The van der Waals surface area contributed by atoms with E-state index in [0.29, 0.717) is 11.5 Å². The smallest absolute Gasteiger partial charge is 0.339 e. The topological polar surface area (TPSA) is 78.4 Å². The second kappa shape index (κ2) is 7.92.